The van der Waals surface area contributed by atoms with Crippen molar-refractivity contribution in [2.45, 2.75) is 19.3 Å². The van der Waals surface area contributed by atoms with Gasteiger partial charge in [-0.3, -0.25) is 14.9 Å². The van der Waals surface area contributed by atoms with Crippen molar-refractivity contribution in [2.75, 3.05) is 18.0 Å². The second kappa shape index (κ2) is 5.15. The lowest BCUT2D eigenvalue weighted by molar-refractivity contribution is -0.384. The van der Waals surface area contributed by atoms with Crippen LogP contribution in [0.1, 0.15) is 19.3 Å². The molecule has 1 aliphatic heterocycles. The second-order valence-corrected chi connectivity index (χ2v) is 6.71. The zero-order valence-corrected chi connectivity index (χ0v) is 13.0. The summed E-state index contributed by atoms with van der Waals surface area (Å²) in [7, 11) is 0. The number of aromatic nitrogens is 1. The Kier molecular flexibility index (Phi) is 3.19. The summed E-state index contributed by atoms with van der Waals surface area (Å²) in [6, 6.07) is 8.78. The first-order valence-corrected chi connectivity index (χ1v) is 8.04. The molecule has 24 heavy (non-hydrogen) atoms. The highest BCUT2D eigenvalue weighted by atomic mass is 16.6. The molecule has 1 aromatic carbocycles. The van der Waals surface area contributed by atoms with Gasteiger partial charge in [-0.05, 0) is 24.8 Å². The smallest absolute Gasteiger partial charge is 0.312 e. The number of carboxylic acids is 1. The molecular weight excluding hydrogens is 310 g/mol. The summed E-state index contributed by atoms with van der Waals surface area (Å²) in [5.74, 6) is -0.479. The molecule has 1 saturated heterocycles. The second-order valence-electron chi connectivity index (χ2n) is 6.71. The largest absolute Gasteiger partial charge is 0.481 e. The molecule has 0 radical (unpaired) electrons. The van der Waals surface area contributed by atoms with Crippen molar-refractivity contribution in [1.29, 1.82) is 0 Å². The summed E-state index contributed by atoms with van der Waals surface area (Å²) in [4.78, 5) is 29.2. The van der Waals surface area contributed by atoms with E-state index in [1.54, 1.807) is 11.0 Å². The maximum Gasteiger partial charge on any atom is 0.312 e. The number of carbonyl (C=O) groups is 1. The van der Waals surface area contributed by atoms with Crippen LogP contribution >= 0.6 is 0 Å². The van der Waals surface area contributed by atoms with Crippen LogP contribution in [0.5, 0.6) is 0 Å². The number of hydrogen-bond donors (Lipinski definition) is 1. The Labute approximate surface area is 138 Å². The summed E-state index contributed by atoms with van der Waals surface area (Å²) >= 11 is 0. The highest BCUT2D eigenvalue weighted by Gasteiger charge is 2.55. The summed E-state index contributed by atoms with van der Waals surface area (Å²) in [5.41, 5.74) is -0.171. The maximum absolute atomic E-state index is 11.8. The number of fused-ring (bicyclic) bond motifs is 2. The monoisotopic (exact) mass is 327 g/mol. The number of para-hydroxylation sites is 1. The number of nitro groups is 1. The third-order valence-corrected chi connectivity index (χ3v) is 5.48. The van der Waals surface area contributed by atoms with E-state index in [9.17, 15) is 20.0 Å². The fourth-order valence-corrected chi connectivity index (χ4v) is 4.26. The molecular formula is C17H17N3O4. The maximum atomic E-state index is 11.8. The fraction of sp³-hybridized carbons (Fsp3) is 0.412. The van der Waals surface area contributed by atoms with Gasteiger partial charge in [0.1, 0.15) is 0 Å². The minimum absolute atomic E-state index is 0.0304. The highest BCUT2D eigenvalue weighted by molar-refractivity contribution is 5.85. The third kappa shape index (κ3) is 2.04. The normalized spacial score (nSPS) is 25.8. The summed E-state index contributed by atoms with van der Waals surface area (Å²) in [5, 5.41) is 21.9. The third-order valence-electron chi connectivity index (χ3n) is 5.48. The molecule has 4 rings (SSSR count). The molecule has 7 nitrogen and oxygen atoms in total. The van der Waals surface area contributed by atoms with E-state index in [-0.39, 0.29) is 17.4 Å². The molecule has 2 atom stereocenters. The predicted octanol–water partition coefficient (Wildman–Crippen LogP) is 2.83. The first-order chi connectivity index (χ1) is 11.5. The number of benzene rings is 1. The lowest BCUT2D eigenvalue weighted by Gasteiger charge is -2.23. The van der Waals surface area contributed by atoms with Gasteiger partial charge in [0.15, 0.2) is 0 Å². The minimum atomic E-state index is -0.795. The van der Waals surface area contributed by atoms with Gasteiger partial charge < -0.3 is 10.0 Å². The van der Waals surface area contributed by atoms with E-state index in [4.69, 9.17) is 0 Å². The predicted molar refractivity (Wildman–Crippen MR) is 88.0 cm³/mol. The van der Waals surface area contributed by atoms with Crippen molar-refractivity contribution in [3.63, 3.8) is 0 Å². The number of rotatable bonds is 3. The van der Waals surface area contributed by atoms with E-state index in [2.05, 4.69) is 4.98 Å². The van der Waals surface area contributed by atoms with Crippen molar-refractivity contribution in [1.82, 2.24) is 4.98 Å². The molecule has 2 aromatic rings. The van der Waals surface area contributed by atoms with E-state index in [1.165, 1.54) is 6.07 Å². The lowest BCUT2D eigenvalue weighted by Crippen LogP contribution is -2.36. The molecule has 0 unspecified atom stereocenters. The Morgan fingerprint density at radius 3 is 2.92 bits per heavy atom. The number of hydrogen-bond acceptors (Lipinski definition) is 5. The molecule has 1 N–H and O–H groups in total. The number of nitrogens with zero attached hydrogens (tertiary/aromatic N) is 3. The van der Waals surface area contributed by atoms with Crippen molar-refractivity contribution < 1.29 is 14.8 Å². The standard InChI is InChI=1S/C17H17N3O4/c21-16(22)17-7-3-5-12(17)9-19(10-17)15-14(20(23)24)8-11-4-1-2-6-13(11)18-15/h1-2,4,6,8,12H,3,5,7,9-10H2,(H,21,22)/t12-,17+/m0/s1. The van der Waals surface area contributed by atoms with Gasteiger partial charge in [-0.1, -0.05) is 24.6 Å². The highest BCUT2D eigenvalue weighted by Crippen LogP contribution is 2.50. The van der Waals surface area contributed by atoms with Gasteiger partial charge in [0.25, 0.3) is 0 Å². The molecule has 0 amide bonds. The molecule has 124 valence electrons. The van der Waals surface area contributed by atoms with Crippen LogP contribution in [0.3, 0.4) is 0 Å². The minimum Gasteiger partial charge on any atom is -0.481 e. The van der Waals surface area contributed by atoms with Crippen LogP contribution < -0.4 is 4.90 Å². The van der Waals surface area contributed by atoms with Crippen LogP contribution in [0.25, 0.3) is 10.9 Å². The zero-order valence-electron chi connectivity index (χ0n) is 13.0. The van der Waals surface area contributed by atoms with Gasteiger partial charge in [0.2, 0.25) is 5.82 Å². The van der Waals surface area contributed by atoms with Gasteiger partial charge >= 0.3 is 11.7 Å². The number of aliphatic carboxylic acids is 1. The quantitative estimate of drug-likeness (QED) is 0.688. The van der Waals surface area contributed by atoms with Gasteiger partial charge in [-0.2, -0.15) is 0 Å². The Morgan fingerprint density at radius 2 is 2.21 bits per heavy atom. The van der Waals surface area contributed by atoms with Crippen LogP contribution in [0.4, 0.5) is 11.5 Å². The molecule has 1 aromatic heterocycles. The molecule has 1 saturated carbocycles. The molecule has 7 heteroatoms. The van der Waals surface area contributed by atoms with Crippen LogP contribution in [-0.2, 0) is 4.79 Å². The van der Waals surface area contributed by atoms with E-state index in [0.29, 0.717) is 30.4 Å². The number of anilines is 1. The summed E-state index contributed by atoms with van der Waals surface area (Å²) in [6.07, 6.45) is 2.38. The molecule has 0 spiro atoms. The van der Waals surface area contributed by atoms with E-state index in [1.807, 2.05) is 18.2 Å². The van der Waals surface area contributed by atoms with Gasteiger partial charge in [-0.15, -0.1) is 0 Å². The van der Waals surface area contributed by atoms with Crippen LogP contribution in [0.15, 0.2) is 30.3 Å². The van der Waals surface area contributed by atoms with Crippen LogP contribution in [-0.4, -0.2) is 34.1 Å². The molecule has 2 fully saturated rings. The molecule has 2 heterocycles. The molecule has 2 aliphatic rings. The van der Waals surface area contributed by atoms with E-state index < -0.39 is 16.3 Å². The van der Waals surface area contributed by atoms with Crippen molar-refractivity contribution in [3.05, 3.63) is 40.4 Å². The SMILES string of the molecule is O=C(O)[C@@]12CCC[C@H]1CN(c1nc3ccccc3cc1[N+](=O)[O-])C2. The first kappa shape index (κ1) is 14.9. The zero-order chi connectivity index (χ0) is 16.9. The van der Waals surface area contributed by atoms with Crippen molar-refractivity contribution >= 4 is 28.4 Å². The van der Waals surface area contributed by atoms with E-state index in [0.717, 1.165) is 12.8 Å². The molecule has 1 aliphatic carbocycles. The first-order valence-electron chi connectivity index (χ1n) is 8.04. The van der Waals surface area contributed by atoms with Crippen molar-refractivity contribution in [3.8, 4) is 0 Å². The van der Waals surface area contributed by atoms with E-state index >= 15 is 0 Å². The lowest BCUT2D eigenvalue weighted by atomic mass is 9.81. The Balaban J connectivity index is 1.81. The summed E-state index contributed by atoms with van der Waals surface area (Å²) in [6.45, 7) is 0.803. The number of carboxylic acid groups (broad SMARTS) is 1. The topological polar surface area (TPSA) is 96.6 Å². The molecule has 0 bridgehead atoms. The van der Waals surface area contributed by atoms with Crippen molar-refractivity contribution in [2.24, 2.45) is 11.3 Å². The van der Waals surface area contributed by atoms with Gasteiger partial charge in [-0.25, -0.2) is 4.98 Å². The Bertz CT molecular complexity index is 853. The average Bonchev–Trinajstić information content (AvgIpc) is 3.11. The Morgan fingerprint density at radius 1 is 1.42 bits per heavy atom. The fourth-order valence-electron chi connectivity index (χ4n) is 4.26. The average molecular weight is 327 g/mol. The van der Waals surface area contributed by atoms with Crippen LogP contribution in [0.2, 0.25) is 0 Å². The Hall–Kier alpha value is -2.70. The number of pyridine rings is 1. The van der Waals surface area contributed by atoms with Gasteiger partial charge in [0, 0.05) is 24.5 Å². The summed E-state index contributed by atoms with van der Waals surface area (Å²) < 4.78 is 0. The van der Waals surface area contributed by atoms with Gasteiger partial charge in [0.05, 0.1) is 15.9 Å². The van der Waals surface area contributed by atoms with Crippen LogP contribution in [0, 0.1) is 21.4 Å².